The third-order valence-electron chi connectivity index (χ3n) is 2.98. The van der Waals surface area contributed by atoms with Gasteiger partial charge in [0.2, 0.25) is 0 Å². The zero-order valence-electron chi connectivity index (χ0n) is 12.6. The summed E-state index contributed by atoms with van der Waals surface area (Å²) in [5.74, 6) is -0.339. The first-order chi connectivity index (χ1) is 10.0. The molecule has 0 unspecified atom stereocenters. The number of nitrogens with one attached hydrogen (secondary N) is 1. The Labute approximate surface area is 128 Å². The average Bonchev–Trinajstić information content (AvgIpc) is 2.80. The molecular weight excluding hydrogens is 286 g/mol. The molecule has 112 valence electrons. The molecule has 0 atom stereocenters. The van der Waals surface area contributed by atoms with Crippen molar-refractivity contribution in [3.05, 3.63) is 35.5 Å². The van der Waals surface area contributed by atoms with Crippen LogP contribution in [0.1, 0.15) is 23.0 Å². The number of benzene rings is 1. The normalized spacial score (nSPS) is 10.3. The predicted octanol–water partition coefficient (Wildman–Crippen LogP) is 3.44. The van der Waals surface area contributed by atoms with Gasteiger partial charge in [-0.1, -0.05) is 12.1 Å². The van der Waals surface area contributed by atoms with Crippen LogP contribution in [0.25, 0.3) is 0 Å². The summed E-state index contributed by atoms with van der Waals surface area (Å²) in [5.41, 5.74) is 3.16. The zero-order valence-corrected chi connectivity index (χ0v) is 13.5. The molecule has 0 saturated carbocycles. The van der Waals surface area contributed by atoms with Crippen LogP contribution >= 0.6 is 11.5 Å². The molecule has 2 rings (SSSR count). The number of esters is 1. The van der Waals surface area contributed by atoms with Crippen molar-refractivity contribution in [2.45, 2.75) is 13.8 Å². The number of aryl methyl sites for hydroxylation is 1. The molecule has 0 spiro atoms. The highest BCUT2D eigenvalue weighted by molar-refractivity contribution is 7.10. The summed E-state index contributed by atoms with van der Waals surface area (Å²) in [7, 11) is 3.95. The van der Waals surface area contributed by atoms with Crippen LogP contribution in [-0.2, 0) is 4.74 Å². The molecule has 0 radical (unpaired) electrons. The number of aromatic nitrogens is 1. The van der Waals surface area contributed by atoms with Crippen molar-refractivity contribution in [1.29, 1.82) is 0 Å². The minimum atomic E-state index is -0.339. The van der Waals surface area contributed by atoms with Gasteiger partial charge in [-0.2, -0.15) is 4.37 Å². The first-order valence-corrected chi connectivity index (χ1v) is 7.48. The van der Waals surface area contributed by atoms with E-state index in [-0.39, 0.29) is 5.97 Å². The third kappa shape index (κ3) is 3.33. The van der Waals surface area contributed by atoms with Gasteiger partial charge in [-0.15, -0.1) is 0 Å². The maximum Gasteiger partial charge on any atom is 0.343 e. The van der Waals surface area contributed by atoms with Crippen LogP contribution in [-0.4, -0.2) is 31.0 Å². The van der Waals surface area contributed by atoms with Gasteiger partial charge in [-0.25, -0.2) is 4.79 Å². The Bertz CT molecular complexity index is 638. The first kappa shape index (κ1) is 15.3. The summed E-state index contributed by atoms with van der Waals surface area (Å²) in [6.07, 6.45) is 0. The van der Waals surface area contributed by atoms with E-state index >= 15 is 0 Å². The average molecular weight is 305 g/mol. The number of para-hydroxylation sites is 2. The largest absolute Gasteiger partial charge is 0.462 e. The van der Waals surface area contributed by atoms with E-state index in [1.807, 2.05) is 50.2 Å². The van der Waals surface area contributed by atoms with Gasteiger partial charge in [-0.05, 0) is 37.5 Å². The van der Waals surface area contributed by atoms with Gasteiger partial charge < -0.3 is 15.0 Å². The van der Waals surface area contributed by atoms with Crippen LogP contribution in [0, 0.1) is 6.92 Å². The molecule has 2 aromatic rings. The molecular formula is C15H19N3O2S. The Balaban J connectivity index is 2.35. The fraction of sp³-hybridized carbons (Fsp3) is 0.333. The number of carbonyl (C=O) groups is 1. The van der Waals surface area contributed by atoms with Crippen molar-refractivity contribution in [1.82, 2.24) is 4.37 Å². The summed E-state index contributed by atoms with van der Waals surface area (Å²) >= 11 is 1.27. The number of hydrogen-bond donors (Lipinski definition) is 1. The summed E-state index contributed by atoms with van der Waals surface area (Å²) in [6, 6.07) is 7.91. The van der Waals surface area contributed by atoms with Crippen molar-refractivity contribution in [3.63, 3.8) is 0 Å². The van der Waals surface area contributed by atoms with E-state index in [2.05, 4.69) is 9.69 Å². The molecule has 1 heterocycles. The molecule has 1 aromatic heterocycles. The number of nitrogens with zero attached hydrogens (tertiary/aromatic N) is 2. The second kappa shape index (κ2) is 6.58. The van der Waals surface area contributed by atoms with Crippen LogP contribution in [0.3, 0.4) is 0 Å². The lowest BCUT2D eigenvalue weighted by molar-refractivity contribution is 0.0527. The number of anilines is 3. The molecule has 6 heteroatoms. The van der Waals surface area contributed by atoms with Crippen molar-refractivity contribution in [3.8, 4) is 0 Å². The van der Waals surface area contributed by atoms with Crippen LogP contribution < -0.4 is 10.2 Å². The molecule has 0 fully saturated rings. The molecule has 0 aliphatic carbocycles. The summed E-state index contributed by atoms with van der Waals surface area (Å²) < 4.78 is 9.36. The minimum absolute atomic E-state index is 0.339. The molecule has 1 aromatic carbocycles. The van der Waals surface area contributed by atoms with Gasteiger partial charge in [0.25, 0.3) is 0 Å². The third-order valence-corrected chi connectivity index (χ3v) is 3.83. The smallest absolute Gasteiger partial charge is 0.343 e. The highest BCUT2D eigenvalue weighted by Crippen LogP contribution is 2.32. The molecule has 5 nitrogen and oxygen atoms in total. The van der Waals surface area contributed by atoms with Crippen molar-refractivity contribution in [2.24, 2.45) is 0 Å². The number of carbonyl (C=O) groups excluding carboxylic acids is 1. The van der Waals surface area contributed by atoms with E-state index in [1.54, 1.807) is 6.92 Å². The SMILES string of the molecule is CCOC(=O)c1c(C)nsc1Nc1ccccc1N(C)C. The molecule has 0 amide bonds. The first-order valence-electron chi connectivity index (χ1n) is 6.71. The summed E-state index contributed by atoms with van der Waals surface area (Å²) in [6.45, 7) is 3.95. The van der Waals surface area contributed by atoms with Crippen LogP contribution in [0.2, 0.25) is 0 Å². The van der Waals surface area contributed by atoms with Gasteiger partial charge in [0.15, 0.2) is 0 Å². The summed E-state index contributed by atoms with van der Waals surface area (Å²) in [5, 5.41) is 4.00. The zero-order chi connectivity index (χ0) is 15.4. The van der Waals surface area contributed by atoms with Gasteiger partial charge in [0.1, 0.15) is 10.6 Å². The molecule has 0 saturated heterocycles. The van der Waals surface area contributed by atoms with Gasteiger partial charge in [0, 0.05) is 14.1 Å². The minimum Gasteiger partial charge on any atom is -0.462 e. The van der Waals surface area contributed by atoms with E-state index in [1.165, 1.54) is 11.5 Å². The Morgan fingerprint density at radius 1 is 1.38 bits per heavy atom. The second-order valence-electron chi connectivity index (χ2n) is 4.73. The monoisotopic (exact) mass is 305 g/mol. The van der Waals surface area contributed by atoms with Crippen LogP contribution in [0.15, 0.2) is 24.3 Å². The molecule has 21 heavy (non-hydrogen) atoms. The Morgan fingerprint density at radius 3 is 2.76 bits per heavy atom. The molecule has 0 aliphatic rings. The quantitative estimate of drug-likeness (QED) is 0.858. The van der Waals surface area contributed by atoms with E-state index in [0.717, 1.165) is 11.4 Å². The fourth-order valence-electron chi connectivity index (χ4n) is 1.99. The van der Waals surface area contributed by atoms with Gasteiger partial charge >= 0.3 is 5.97 Å². The van der Waals surface area contributed by atoms with Gasteiger partial charge in [-0.3, -0.25) is 0 Å². The van der Waals surface area contributed by atoms with Crippen molar-refractivity contribution < 1.29 is 9.53 Å². The topological polar surface area (TPSA) is 54.5 Å². The van der Waals surface area contributed by atoms with Crippen LogP contribution in [0.4, 0.5) is 16.4 Å². The predicted molar refractivity (Wildman–Crippen MR) is 86.9 cm³/mol. The lowest BCUT2D eigenvalue weighted by Crippen LogP contribution is -2.11. The van der Waals surface area contributed by atoms with E-state index < -0.39 is 0 Å². The van der Waals surface area contributed by atoms with E-state index in [0.29, 0.717) is 22.9 Å². The highest BCUT2D eigenvalue weighted by atomic mass is 32.1. The molecule has 1 N–H and O–H groups in total. The molecule has 0 bridgehead atoms. The standard InChI is InChI=1S/C15H19N3O2S/c1-5-20-15(19)13-10(2)17-21-14(13)16-11-8-6-7-9-12(11)18(3)4/h6-9,16H,5H2,1-4H3. The van der Waals surface area contributed by atoms with Gasteiger partial charge in [0.05, 0.1) is 23.7 Å². The lowest BCUT2D eigenvalue weighted by Gasteiger charge is -2.18. The highest BCUT2D eigenvalue weighted by Gasteiger charge is 2.20. The maximum absolute atomic E-state index is 12.1. The molecule has 0 aliphatic heterocycles. The summed E-state index contributed by atoms with van der Waals surface area (Å²) in [4.78, 5) is 14.1. The van der Waals surface area contributed by atoms with Crippen LogP contribution in [0.5, 0.6) is 0 Å². The fourth-order valence-corrected chi connectivity index (χ4v) is 2.79. The number of hydrogen-bond acceptors (Lipinski definition) is 6. The second-order valence-corrected chi connectivity index (χ2v) is 5.50. The Hall–Kier alpha value is -2.08. The lowest BCUT2D eigenvalue weighted by atomic mass is 10.2. The van der Waals surface area contributed by atoms with Crippen molar-refractivity contribution in [2.75, 3.05) is 30.9 Å². The Kier molecular flexibility index (Phi) is 4.80. The van der Waals surface area contributed by atoms with E-state index in [9.17, 15) is 4.79 Å². The van der Waals surface area contributed by atoms with Crippen molar-refractivity contribution >= 4 is 33.9 Å². The number of rotatable bonds is 5. The van der Waals surface area contributed by atoms with E-state index in [4.69, 9.17) is 4.74 Å². The Morgan fingerprint density at radius 2 is 2.10 bits per heavy atom. The maximum atomic E-state index is 12.1. The number of ether oxygens (including phenoxy) is 1.